The van der Waals surface area contributed by atoms with Gasteiger partial charge in [-0.3, -0.25) is 0 Å². The van der Waals surface area contributed by atoms with Crippen molar-refractivity contribution in [1.29, 1.82) is 0 Å². The first-order chi connectivity index (χ1) is 18.6. The molecule has 0 aliphatic heterocycles. The van der Waals surface area contributed by atoms with Crippen LogP contribution < -0.4 is 23.8 Å². The van der Waals surface area contributed by atoms with Gasteiger partial charge in [-0.25, -0.2) is 14.2 Å². The van der Waals surface area contributed by atoms with Gasteiger partial charge in [-0.15, -0.1) is 0 Å². The Kier molecular flexibility index (Phi) is 8.03. The Bertz CT molecular complexity index is 1580. The fourth-order valence-corrected chi connectivity index (χ4v) is 5.31. The maximum atomic E-state index is 14.8. The number of esters is 2. The Morgan fingerprint density at radius 1 is 0.692 bits per heavy atom. The SMILES string of the molecule is C=C(C)C(=O)Oc1cc(P(=O)(Oc2ccccc2)Oc2ccccc2)c(OC(=O)C(=C)C)c2ccc(C)cc12. The summed E-state index contributed by atoms with van der Waals surface area (Å²) in [7, 11) is -4.37. The molecule has 8 heteroatoms. The fraction of sp³-hybridized carbons (Fsp3) is 0.0968. The van der Waals surface area contributed by atoms with Crippen LogP contribution in [0.3, 0.4) is 0 Å². The number of carbonyl (C=O) groups excluding carboxylic acids is 2. The van der Waals surface area contributed by atoms with Crippen molar-refractivity contribution in [3.63, 3.8) is 0 Å². The maximum absolute atomic E-state index is 14.8. The molecule has 0 aliphatic rings. The van der Waals surface area contributed by atoms with Crippen molar-refractivity contribution in [1.82, 2.24) is 0 Å². The lowest BCUT2D eigenvalue weighted by molar-refractivity contribution is -0.131. The fourth-order valence-electron chi connectivity index (χ4n) is 3.58. The Labute approximate surface area is 226 Å². The molecular weight excluding hydrogens is 515 g/mol. The molecule has 4 aromatic carbocycles. The first-order valence-corrected chi connectivity index (χ1v) is 13.5. The molecule has 7 nitrogen and oxygen atoms in total. The summed E-state index contributed by atoms with van der Waals surface area (Å²) in [6.45, 7) is 12.2. The van der Waals surface area contributed by atoms with E-state index in [0.29, 0.717) is 10.8 Å². The average molecular weight is 543 g/mol. The number of benzene rings is 4. The zero-order chi connectivity index (χ0) is 28.2. The van der Waals surface area contributed by atoms with E-state index in [-0.39, 0.29) is 39.4 Å². The van der Waals surface area contributed by atoms with Crippen LogP contribution in [0.1, 0.15) is 19.4 Å². The molecule has 0 saturated carbocycles. The predicted molar refractivity (Wildman–Crippen MR) is 151 cm³/mol. The molecule has 4 aromatic rings. The normalized spacial score (nSPS) is 10.9. The molecule has 0 N–H and O–H groups in total. The summed E-state index contributed by atoms with van der Waals surface area (Å²) >= 11 is 0. The van der Waals surface area contributed by atoms with E-state index >= 15 is 0 Å². The van der Waals surface area contributed by atoms with Gasteiger partial charge in [0.25, 0.3) is 0 Å². The number of rotatable bonds is 9. The van der Waals surface area contributed by atoms with E-state index in [1.54, 1.807) is 78.9 Å². The molecule has 0 amide bonds. The summed E-state index contributed by atoms with van der Waals surface area (Å²) < 4.78 is 38.2. The Morgan fingerprint density at radius 3 is 1.72 bits per heavy atom. The van der Waals surface area contributed by atoms with E-state index in [1.165, 1.54) is 19.9 Å². The lowest BCUT2D eigenvalue weighted by Crippen LogP contribution is -2.22. The molecular formula is C31H27O7P. The molecule has 0 unspecified atom stereocenters. The van der Waals surface area contributed by atoms with Gasteiger partial charge < -0.3 is 18.5 Å². The second kappa shape index (κ2) is 11.4. The van der Waals surface area contributed by atoms with Crippen molar-refractivity contribution in [2.24, 2.45) is 0 Å². The van der Waals surface area contributed by atoms with Crippen LogP contribution in [0.5, 0.6) is 23.0 Å². The topological polar surface area (TPSA) is 88.1 Å². The van der Waals surface area contributed by atoms with Crippen molar-refractivity contribution in [3.8, 4) is 23.0 Å². The molecule has 198 valence electrons. The number of hydrogen-bond acceptors (Lipinski definition) is 7. The predicted octanol–water partition coefficient (Wildman–Crippen LogP) is 7.09. The van der Waals surface area contributed by atoms with Gasteiger partial charge in [0.2, 0.25) is 0 Å². The molecule has 0 fully saturated rings. The molecule has 0 aromatic heterocycles. The van der Waals surface area contributed by atoms with Gasteiger partial charge in [-0.1, -0.05) is 67.3 Å². The van der Waals surface area contributed by atoms with Crippen molar-refractivity contribution in [3.05, 3.63) is 115 Å². The average Bonchev–Trinajstić information content (AvgIpc) is 2.90. The van der Waals surface area contributed by atoms with Crippen molar-refractivity contribution >= 4 is 35.6 Å². The van der Waals surface area contributed by atoms with E-state index in [4.69, 9.17) is 18.5 Å². The minimum atomic E-state index is -4.37. The first-order valence-electron chi connectivity index (χ1n) is 12.0. The Hall–Kier alpha value is -4.61. The summed E-state index contributed by atoms with van der Waals surface area (Å²) in [5, 5.41) is 0.681. The lowest BCUT2D eigenvalue weighted by Gasteiger charge is -2.24. The summed E-state index contributed by atoms with van der Waals surface area (Å²) in [6, 6.07) is 23.5. The maximum Gasteiger partial charge on any atom is 0.466 e. The molecule has 0 heterocycles. The van der Waals surface area contributed by atoms with Gasteiger partial charge in [0.05, 0.1) is 0 Å². The van der Waals surface area contributed by atoms with Gasteiger partial charge in [0, 0.05) is 28.0 Å². The summed E-state index contributed by atoms with van der Waals surface area (Å²) in [5.74, 6) is -0.922. The van der Waals surface area contributed by atoms with Gasteiger partial charge in [0.15, 0.2) is 5.75 Å². The number of ether oxygens (including phenoxy) is 2. The first kappa shape index (κ1) is 27.4. The highest BCUT2D eigenvalue weighted by Crippen LogP contribution is 2.52. The second-order valence-electron chi connectivity index (χ2n) is 8.92. The summed E-state index contributed by atoms with van der Waals surface area (Å²) in [4.78, 5) is 25.4. The van der Waals surface area contributed by atoms with Crippen LogP contribution in [-0.4, -0.2) is 11.9 Å². The monoisotopic (exact) mass is 542 g/mol. The highest BCUT2D eigenvalue weighted by molar-refractivity contribution is 7.63. The van der Waals surface area contributed by atoms with Crippen LogP contribution in [0.2, 0.25) is 0 Å². The second-order valence-corrected chi connectivity index (χ2v) is 10.8. The van der Waals surface area contributed by atoms with E-state index in [9.17, 15) is 14.2 Å². The van der Waals surface area contributed by atoms with Gasteiger partial charge >= 0.3 is 19.5 Å². The Balaban J connectivity index is 2.04. The summed E-state index contributed by atoms with van der Waals surface area (Å²) in [5.41, 5.74) is 1.14. The third-order valence-electron chi connectivity index (χ3n) is 5.51. The quantitative estimate of drug-likeness (QED) is 0.0966. The molecule has 0 spiro atoms. The lowest BCUT2D eigenvalue weighted by atomic mass is 10.1. The molecule has 0 radical (unpaired) electrons. The van der Waals surface area contributed by atoms with E-state index in [2.05, 4.69) is 13.2 Å². The number of aryl methyl sites for hydroxylation is 1. The van der Waals surface area contributed by atoms with E-state index in [0.717, 1.165) is 5.56 Å². The highest BCUT2D eigenvalue weighted by atomic mass is 31.2. The number of hydrogen-bond donors (Lipinski definition) is 0. The smallest absolute Gasteiger partial charge is 0.422 e. The van der Waals surface area contributed by atoms with Crippen LogP contribution in [-0.2, 0) is 14.2 Å². The summed E-state index contributed by atoms with van der Waals surface area (Å²) in [6.07, 6.45) is 0. The Morgan fingerprint density at radius 2 is 1.21 bits per heavy atom. The van der Waals surface area contributed by atoms with Crippen LogP contribution in [0, 0.1) is 6.92 Å². The molecule has 0 bridgehead atoms. The van der Waals surface area contributed by atoms with Gasteiger partial charge in [-0.2, -0.15) is 0 Å². The molecule has 0 saturated heterocycles. The van der Waals surface area contributed by atoms with E-state index < -0.39 is 19.5 Å². The molecule has 0 atom stereocenters. The van der Waals surface area contributed by atoms with E-state index in [1.807, 2.05) is 6.92 Å². The third-order valence-corrected chi connectivity index (χ3v) is 7.34. The minimum Gasteiger partial charge on any atom is -0.422 e. The van der Waals surface area contributed by atoms with Gasteiger partial charge in [-0.05, 0) is 51.1 Å². The molecule has 39 heavy (non-hydrogen) atoms. The molecule has 0 aliphatic carbocycles. The van der Waals surface area contributed by atoms with Crippen LogP contribution >= 0.6 is 7.60 Å². The highest BCUT2D eigenvalue weighted by Gasteiger charge is 2.38. The largest absolute Gasteiger partial charge is 0.466 e. The number of fused-ring (bicyclic) bond motifs is 1. The minimum absolute atomic E-state index is 0.0664. The van der Waals surface area contributed by atoms with Crippen molar-refractivity contribution in [2.45, 2.75) is 20.8 Å². The van der Waals surface area contributed by atoms with Crippen LogP contribution in [0.15, 0.2) is 109 Å². The zero-order valence-corrected chi connectivity index (χ0v) is 22.7. The zero-order valence-electron chi connectivity index (χ0n) is 21.8. The number of para-hydroxylation sites is 2. The van der Waals surface area contributed by atoms with Crippen LogP contribution in [0.25, 0.3) is 10.8 Å². The van der Waals surface area contributed by atoms with Crippen LogP contribution in [0.4, 0.5) is 0 Å². The van der Waals surface area contributed by atoms with Gasteiger partial charge in [0.1, 0.15) is 22.6 Å². The standard InChI is InChI=1S/C31H27O7P/c1-20(2)30(32)35-27-19-28(29(36-31(33)21(3)4)25-17-16-22(5)18-26(25)27)39(34,37-23-12-8-6-9-13-23)38-24-14-10-7-11-15-24/h6-19H,1,3H2,2,4-5H3. The van der Waals surface area contributed by atoms with Crippen molar-refractivity contribution < 1.29 is 32.7 Å². The number of carbonyl (C=O) groups is 2. The molecule has 4 rings (SSSR count). The third kappa shape index (κ3) is 6.28. The van der Waals surface area contributed by atoms with Crippen molar-refractivity contribution in [2.75, 3.05) is 0 Å².